The summed E-state index contributed by atoms with van der Waals surface area (Å²) < 4.78 is 7.81. The van der Waals surface area contributed by atoms with Gasteiger partial charge in [-0.05, 0) is 41.0 Å². The van der Waals surface area contributed by atoms with E-state index in [0.29, 0.717) is 28.4 Å². The molecule has 6 nitrogen and oxygen atoms in total. The summed E-state index contributed by atoms with van der Waals surface area (Å²) in [4.78, 5) is 8.32. The Balaban J connectivity index is 1.22. The van der Waals surface area contributed by atoms with Crippen LogP contribution >= 0.6 is 0 Å². The van der Waals surface area contributed by atoms with E-state index in [0.717, 1.165) is 28.2 Å². The minimum absolute atomic E-state index is 0.0229. The van der Waals surface area contributed by atoms with E-state index in [4.69, 9.17) is 4.74 Å². The second kappa shape index (κ2) is 8.50. The van der Waals surface area contributed by atoms with Crippen molar-refractivity contribution in [3.63, 3.8) is 0 Å². The largest absolute Gasteiger partial charge is 0.505 e. The predicted octanol–water partition coefficient (Wildman–Crippen LogP) is 6.50. The number of rotatable bonds is 5. The Morgan fingerprint density at radius 3 is 1.71 bits per heavy atom. The number of aromatic hydroxyl groups is 2. The Kier molecular flexibility index (Phi) is 5.04. The third-order valence-corrected chi connectivity index (χ3v) is 6.02. The van der Waals surface area contributed by atoms with E-state index in [2.05, 4.69) is 34.2 Å². The van der Waals surface area contributed by atoms with Crippen LogP contribution in [0.1, 0.15) is 5.56 Å². The molecule has 0 spiro atoms. The molecule has 2 aromatic heterocycles. The first kappa shape index (κ1) is 20.7. The van der Waals surface area contributed by atoms with Crippen LogP contribution in [0.2, 0.25) is 0 Å². The fourth-order valence-corrected chi connectivity index (χ4v) is 4.27. The molecule has 0 amide bonds. The second-order valence-electron chi connectivity index (χ2n) is 8.35. The maximum atomic E-state index is 10.6. The quantitative estimate of drug-likeness (QED) is 0.288. The number of hydrogen-bond donors (Lipinski definition) is 2. The van der Waals surface area contributed by atoms with Gasteiger partial charge in [-0.2, -0.15) is 0 Å². The number of hydrogen-bond acceptors (Lipinski definition) is 5. The smallest absolute Gasteiger partial charge is 0.153 e. The summed E-state index contributed by atoms with van der Waals surface area (Å²) in [5.74, 6) is 1.65. The summed E-state index contributed by atoms with van der Waals surface area (Å²) in [7, 11) is 0. The molecule has 2 N–H and O–H groups in total. The molecule has 170 valence electrons. The maximum absolute atomic E-state index is 10.6. The number of phenols is 2. The Labute approximate surface area is 201 Å². The molecule has 0 saturated heterocycles. The molecule has 0 aliphatic carbocycles. The lowest BCUT2D eigenvalue weighted by Gasteiger charge is -2.08. The van der Waals surface area contributed by atoms with Gasteiger partial charge < -0.3 is 19.5 Å². The van der Waals surface area contributed by atoms with Gasteiger partial charge in [0.1, 0.15) is 22.5 Å². The number of benzene rings is 4. The van der Waals surface area contributed by atoms with Gasteiger partial charge in [0.2, 0.25) is 0 Å². The highest BCUT2D eigenvalue weighted by Crippen LogP contribution is 2.40. The standard InChI is InChI=1S/C29H21N3O3/c33-28-24-17-32(18-25(24)29(34)27-26(28)30-14-15-31-27)16-19-6-8-20(9-7-19)21-10-12-23(13-11-21)35-22-4-2-1-3-5-22/h1-15,17-18,33-34H,16H2. The average molecular weight is 460 g/mol. The first-order valence-electron chi connectivity index (χ1n) is 11.2. The van der Waals surface area contributed by atoms with E-state index in [1.54, 1.807) is 0 Å². The van der Waals surface area contributed by atoms with Crippen molar-refractivity contribution in [1.29, 1.82) is 0 Å². The molecule has 6 rings (SSSR count). The predicted molar refractivity (Wildman–Crippen MR) is 136 cm³/mol. The van der Waals surface area contributed by atoms with Crippen LogP contribution < -0.4 is 4.74 Å². The number of ether oxygens (including phenoxy) is 1. The zero-order chi connectivity index (χ0) is 23.8. The van der Waals surface area contributed by atoms with Gasteiger partial charge in [0, 0.05) is 42.1 Å². The Hall–Kier alpha value is -4.84. The summed E-state index contributed by atoms with van der Waals surface area (Å²) in [5.41, 5.74) is 3.89. The van der Waals surface area contributed by atoms with E-state index in [9.17, 15) is 10.2 Å². The minimum Gasteiger partial charge on any atom is -0.505 e. The third-order valence-electron chi connectivity index (χ3n) is 6.02. The number of para-hydroxylation sites is 1. The van der Waals surface area contributed by atoms with Crippen LogP contribution in [0.5, 0.6) is 23.0 Å². The number of nitrogens with zero attached hydrogens (tertiary/aromatic N) is 3. The van der Waals surface area contributed by atoms with Crippen LogP contribution in [-0.4, -0.2) is 24.7 Å². The molecule has 0 fully saturated rings. The average Bonchev–Trinajstić information content (AvgIpc) is 3.33. The van der Waals surface area contributed by atoms with Crippen molar-refractivity contribution in [1.82, 2.24) is 14.5 Å². The second-order valence-corrected chi connectivity index (χ2v) is 8.35. The van der Waals surface area contributed by atoms with Crippen molar-refractivity contribution < 1.29 is 14.9 Å². The van der Waals surface area contributed by atoms with Crippen molar-refractivity contribution in [2.45, 2.75) is 6.54 Å². The molecule has 0 bridgehead atoms. The van der Waals surface area contributed by atoms with Gasteiger partial charge in [0.25, 0.3) is 0 Å². The van der Waals surface area contributed by atoms with Crippen molar-refractivity contribution in [3.05, 3.63) is 109 Å². The minimum atomic E-state index is 0.0229. The Bertz CT molecular complexity index is 1580. The lowest BCUT2D eigenvalue weighted by atomic mass is 10.0. The van der Waals surface area contributed by atoms with Crippen LogP contribution in [0.25, 0.3) is 32.9 Å². The summed E-state index contributed by atoms with van der Waals surface area (Å²) in [6, 6.07) is 26.1. The molecule has 0 radical (unpaired) electrons. The Morgan fingerprint density at radius 1 is 0.629 bits per heavy atom. The van der Waals surface area contributed by atoms with Gasteiger partial charge in [-0.15, -0.1) is 0 Å². The summed E-state index contributed by atoms with van der Waals surface area (Å²) in [6.07, 6.45) is 6.63. The van der Waals surface area contributed by atoms with E-state index in [1.807, 2.05) is 71.6 Å². The fraction of sp³-hybridized carbons (Fsp3) is 0.0345. The van der Waals surface area contributed by atoms with Crippen molar-refractivity contribution in [2.24, 2.45) is 0 Å². The van der Waals surface area contributed by atoms with Gasteiger partial charge in [0.15, 0.2) is 11.5 Å². The lowest BCUT2D eigenvalue weighted by molar-refractivity contribution is 0.476. The highest BCUT2D eigenvalue weighted by Gasteiger charge is 2.16. The summed E-state index contributed by atoms with van der Waals surface area (Å²) in [6.45, 7) is 0.592. The topological polar surface area (TPSA) is 80.4 Å². The molecule has 6 heteroatoms. The highest BCUT2D eigenvalue weighted by molar-refractivity contribution is 6.07. The van der Waals surface area contributed by atoms with Gasteiger partial charge in [-0.3, -0.25) is 0 Å². The first-order chi connectivity index (χ1) is 17.2. The van der Waals surface area contributed by atoms with Crippen LogP contribution in [-0.2, 0) is 6.54 Å². The molecule has 0 aliphatic heterocycles. The lowest BCUT2D eigenvalue weighted by Crippen LogP contribution is -1.95. The van der Waals surface area contributed by atoms with Crippen molar-refractivity contribution in [3.8, 4) is 34.1 Å². The monoisotopic (exact) mass is 459 g/mol. The number of phenolic OH excluding ortho intramolecular Hbond substituents is 2. The molecule has 0 aliphatic rings. The molecule has 6 aromatic rings. The maximum Gasteiger partial charge on any atom is 0.153 e. The van der Waals surface area contributed by atoms with Gasteiger partial charge in [-0.1, -0.05) is 54.6 Å². The van der Waals surface area contributed by atoms with Crippen molar-refractivity contribution in [2.75, 3.05) is 0 Å². The molecule has 0 saturated carbocycles. The summed E-state index contributed by atoms with van der Waals surface area (Å²) in [5, 5.41) is 22.4. The summed E-state index contributed by atoms with van der Waals surface area (Å²) >= 11 is 0. The zero-order valence-corrected chi connectivity index (χ0v) is 18.7. The Morgan fingerprint density at radius 2 is 1.14 bits per heavy atom. The molecular formula is C29H21N3O3. The molecule has 0 atom stereocenters. The van der Waals surface area contributed by atoms with Gasteiger partial charge in [-0.25, -0.2) is 9.97 Å². The van der Waals surface area contributed by atoms with Gasteiger partial charge >= 0.3 is 0 Å². The van der Waals surface area contributed by atoms with E-state index < -0.39 is 0 Å². The number of fused-ring (bicyclic) bond motifs is 2. The van der Waals surface area contributed by atoms with Crippen LogP contribution in [0.15, 0.2) is 104 Å². The van der Waals surface area contributed by atoms with E-state index in [-0.39, 0.29) is 11.5 Å². The molecule has 0 unspecified atom stereocenters. The van der Waals surface area contributed by atoms with E-state index >= 15 is 0 Å². The van der Waals surface area contributed by atoms with Crippen molar-refractivity contribution >= 4 is 21.8 Å². The highest BCUT2D eigenvalue weighted by atomic mass is 16.5. The van der Waals surface area contributed by atoms with Gasteiger partial charge in [0.05, 0.1) is 0 Å². The molecule has 35 heavy (non-hydrogen) atoms. The molecule has 2 heterocycles. The zero-order valence-electron chi connectivity index (χ0n) is 18.7. The van der Waals surface area contributed by atoms with E-state index in [1.165, 1.54) is 12.4 Å². The SMILES string of the molecule is Oc1c2cn(Cc3ccc(-c4ccc(Oc5ccccc5)cc4)cc3)cc2c(O)c2nccnc12. The van der Waals surface area contributed by atoms with Crippen LogP contribution in [0, 0.1) is 0 Å². The first-order valence-corrected chi connectivity index (χ1v) is 11.2. The molecule has 4 aromatic carbocycles. The number of aromatic nitrogens is 3. The van der Waals surface area contributed by atoms with Crippen LogP contribution in [0.3, 0.4) is 0 Å². The fourth-order valence-electron chi connectivity index (χ4n) is 4.27. The molecular weight excluding hydrogens is 438 g/mol. The normalized spacial score (nSPS) is 11.2. The van der Waals surface area contributed by atoms with Crippen LogP contribution in [0.4, 0.5) is 0 Å². The third kappa shape index (κ3) is 3.91.